The smallest absolute Gasteiger partial charge is 0.337 e. The van der Waals surface area contributed by atoms with Crippen molar-refractivity contribution in [3.8, 4) is 0 Å². The van der Waals surface area contributed by atoms with Gasteiger partial charge >= 0.3 is 5.97 Å². The number of carbonyl (C=O) groups excluding carboxylic acids is 1. The summed E-state index contributed by atoms with van der Waals surface area (Å²) in [6.45, 7) is 0. The average Bonchev–Trinajstić information content (AvgIpc) is 3.64. The minimum absolute atomic E-state index is 0.355. The summed E-state index contributed by atoms with van der Waals surface area (Å²) >= 11 is 0. The van der Waals surface area contributed by atoms with Crippen LogP contribution in [0.3, 0.4) is 0 Å². The fourth-order valence-electron chi connectivity index (χ4n) is 4.15. The van der Waals surface area contributed by atoms with Crippen LogP contribution in [0.4, 0.5) is 0 Å². The largest absolute Gasteiger partial charge is 0.465 e. The summed E-state index contributed by atoms with van der Waals surface area (Å²) in [4.78, 5) is 28.2. The number of nitrogens with one attached hydrogen (secondary N) is 2. The molecular weight excluding hydrogens is 424 g/mol. The van der Waals surface area contributed by atoms with Crippen LogP contribution in [0.25, 0.3) is 45.9 Å². The van der Waals surface area contributed by atoms with Crippen LogP contribution in [0.2, 0.25) is 0 Å². The number of fused-ring (bicyclic) bond motifs is 8. The first-order valence-electron chi connectivity index (χ1n) is 10.9. The molecule has 164 valence electrons. The molecule has 0 aliphatic carbocycles. The third-order valence-corrected chi connectivity index (χ3v) is 5.78. The van der Waals surface area contributed by atoms with Crippen molar-refractivity contribution >= 4 is 51.8 Å². The van der Waals surface area contributed by atoms with Gasteiger partial charge in [-0.1, -0.05) is 12.1 Å². The standard InChI is InChI=1S/C28H20N4O2/c1-34-28(33)18-4-2-17(3-5-18)26-15-25-14-23-9-8-21(30-23)12-19-6-7-20(29-19)13-22-10-11-24(31-22)16-27(26)32-25/h2-16,30-31H,1H3. The van der Waals surface area contributed by atoms with Gasteiger partial charge in [0.1, 0.15) is 0 Å². The molecule has 6 rings (SSSR count). The topological polar surface area (TPSA) is 83.7 Å². The van der Waals surface area contributed by atoms with Crippen LogP contribution in [-0.2, 0) is 4.74 Å². The Morgan fingerprint density at radius 3 is 1.85 bits per heavy atom. The van der Waals surface area contributed by atoms with Crippen molar-refractivity contribution in [2.45, 2.75) is 0 Å². The zero-order chi connectivity index (χ0) is 23.1. The molecule has 6 nitrogen and oxygen atoms in total. The number of H-pyrrole nitrogens is 2. The normalized spacial score (nSPS) is 12.4. The van der Waals surface area contributed by atoms with Gasteiger partial charge in [0.05, 0.1) is 35.4 Å². The van der Waals surface area contributed by atoms with E-state index in [0.717, 1.165) is 56.0 Å². The van der Waals surface area contributed by atoms with Gasteiger partial charge in [0.15, 0.2) is 0 Å². The van der Waals surface area contributed by atoms with E-state index in [1.165, 1.54) is 7.11 Å². The van der Waals surface area contributed by atoms with E-state index in [4.69, 9.17) is 9.72 Å². The van der Waals surface area contributed by atoms with E-state index >= 15 is 0 Å². The van der Waals surface area contributed by atoms with Crippen LogP contribution in [-0.4, -0.2) is 33.0 Å². The number of carbonyl (C=O) groups is 1. The van der Waals surface area contributed by atoms with Crippen LogP contribution < -0.4 is 0 Å². The zero-order valence-corrected chi connectivity index (χ0v) is 18.4. The molecule has 5 heterocycles. The van der Waals surface area contributed by atoms with E-state index < -0.39 is 0 Å². The molecule has 3 aromatic heterocycles. The van der Waals surface area contributed by atoms with Crippen molar-refractivity contribution in [3.05, 3.63) is 107 Å². The molecule has 0 radical (unpaired) electrons. The summed E-state index contributed by atoms with van der Waals surface area (Å²) in [7, 11) is 1.38. The Balaban J connectivity index is 1.56. The number of methoxy groups -OCH3 is 1. The summed E-state index contributed by atoms with van der Waals surface area (Å²) in [6, 6.07) is 23.6. The van der Waals surface area contributed by atoms with Gasteiger partial charge in [-0.15, -0.1) is 0 Å². The number of benzene rings is 1. The van der Waals surface area contributed by atoms with E-state index in [1.807, 2.05) is 72.8 Å². The minimum atomic E-state index is -0.355. The first-order valence-corrected chi connectivity index (χ1v) is 10.9. The van der Waals surface area contributed by atoms with Crippen LogP contribution in [0.1, 0.15) is 38.7 Å². The Morgan fingerprint density at radius 1 is 0.706 bits per heavy atom. The number of hydrogen-bond donors (Lipinski definition) is 2. The molecule has 0 saturated heterocycles. The number of hydrogen-bond acceptors (Lipinski definition) is 4. The number of aromatic amines is 2. The van der Waals surface area contributed by atoms with Crippen LogP contribution in [0.15, 0.2) is 72.8 Å². The fraction of sp³-hybridized carbons (Fsp3) is 0.0357. The molecule has 34 heavy (non-hydrogen) atoms. The molecule has 0 unspecified atom stereocenters. The first-order chi connectivity index (χ1) is 16.6. The van der Waals surface area contributed by atoms with Crippen molar-refractivity contribution in [1.82, 2.24) is 19.9 Å². The molecule has 1 aromatic carbocycles. The second kappa shape index (κ2) is 8.01. The molecule has 4 aromatic rings. The first kappa shape index (κ1) is 19.9. The van der Waals surface area contributed by atoms with Crippen molar-refractivity contribution in [2.24, 2.45) is 0 Å². The molecule has 2 aliphatic rings. The van der Waals surface area contributed by atoms with E-state index in [1.54, 1.807) is 12.1 Å². The van der Waals surface area contributed by atoms with E-state index in [2.05, 4.69) is 21.0 Å². The highest BCUT2D eigenvalue weighted by Gasteiger charge is 2.14. The zero-order valence-electron chi connectivity index (χ0n) is 18.4. The summed E-state index contributed by atoms with van der Waals surface area (Å²) < 4.78 is 4.82. The lowest BCUT2D eigenvalue weighted by molar-refractivity contribution is 0.0600. The van der Waals surface area contributed by atoms with Crippen molar-refractivity contribution in [3.63, 3.8) is 0 Å². The fourth-order valence-corrected chi connectivity index (χ4v) is 4.15. The maximum Gasteiger partial charge on any atom is 0.337 e. The van der Waals surface area contributed by atoms with Crippen LogP contribution >= 0.6 is 0 Å². The SMILES string of the molecule is COC(=O)c1ccc(C2=Cc3cc4ccc(cc5nc(cc6ccc(cc2n3)[nH]6)C=C5)[nH]4)cc1. The molecule has 6 heteroatoms. The minimum Gasteiger partial charge on any atom is -0.465 e. The van der Waals surface area contributed by atoms with Gasteiger partial charge in [0, 0.05) is 27.6 Å². The predicted octanol–water partition coefficient (Wildman–Crippen LogP) is 5.86. The Bertz CT molecular complexity index is 1650. The summed E-state index contributed by atoms with van der Waals surface area (Å²) in [5, 5.41) is 0. The van der Waals surface area contributed by atoms with Crippen LogP contribution in [0.5, 0.6) is 0 Å². The van der Waals surface area contributed by atoms with Gasteiger partial charge in [-0.05, 0) is 84.5 Å². The van der Waals surface area contributed by atoms with Crippen LogP contribution in [0, 0.1) is 0 Å². The second-order valence-corrected chi connectivity index (χ2v) is 8.16. The molecule has 8 bridgehead atoms. The average molecular weight is 444 g/mol. The maximum atomic E-state index is 11.8. The van der Waals surface area contributed by atoms with E-state index in [-0.39, 0.29) is 5.97 Å². The molecule has 0 saturated carbocycles. The molecule has 0 fully saturated rings. The number of nitrogens with zero attached hydrogens (tertiary/aromatic N) is 2. The van der Waals surface area contributed by atoms with Gasteiger partial charge in [0.2, 0.25) is 0 Å². The van der Waals surface area contributed by atoms with Crippen molar-refractivity contribution < 1.29 is 9.53 Å². The summed E-state index contributed by atoms with van der Waals surface area (Å²) in [5.41, 5.74) is 9.76. The third-order valence-electron chi connectivity index (χ3n) is 5.78. The van der Waals surface area contributed by atoms with Crippen molar-refractivity contribution in [1.29, 1.82) is 0 Å². The Morgan fingerprint density at radius 2 is 1.26 bits per heavy atom. The van der Waals surface area contributed by atoms with Gasteiger partial charge in [-0.25, -0.2) is 14.8 Å². The highest BCUT2D eigenvalue weighted by molar-refractivity contribution is 5.95. The van der Waals surface area contributed by atoms with Gasteiger partial charge in [0.25, 0.3) is 0 Å². The maximum absolute atomic E-state index is 11.8. The Kier molecular flexibility index (Phi) is 4.70. The lowest BCUT2D eigenvalue weighted by Crippen LogP contribution is -2.00. The molecule has 2 N–H and O–H groups in total. The molecule has 0 spiro atoms. The number of ether oxygens (including phenoxy) is 1. The number of esters is 1. The Labute approximate surface area is 195 Å². The van der Waals surface area contributed by atoms with Crippen molar-refractivity contribution in [2.75, 3.05) is 7.11 Å². The third kappa shape index (κ3) is 3.82. The molecule has 2 aliphatic heterocycles. The lowest BCUT2D eigenvalue weighted by Gasteiger charge is -2.04. The Hall–Kier alpha value is -4.71. The van der Waals surface area contributed by atoms with E-state index in [0.29, 0.717) is 5.56 Å². The summed E-state index contributed by atoms with van der Waals surface area (Å²) in [6.07, 6.45) is 6.07. The highest BCUT2D eigenvalue weighted by atomic mass is 16.5. The molecule has 0 amide bonds. The number of aromatic nitrogens is 4. The van der Waals surface area contributed by atoms with Gasteiger partial charge in [-0.2, -0.15) is 0 Å². The summed E-state index contributed by atoms with van der Waals surface area (Å²) in [5.74, 6) is -0.355. The molecular formula is C28H20N4O2. The monoisotopic (exact) mass is 444 g/mol. The second-order valence-electron chi connectivity index (χ2n) is 8.16. The van der Waals surface area contributed by atoms with Gasteiger partial charge in [-0.3, -0.25) is 0 Å². The van der Waals surface area contributed by atoms with E-state index in [9.17, 15) is 4.79 Å². The quantitative estimate of drug-likeness (QED) is 0.328. The van der Waals surface area contributed by atoms with Gasteiger partial charge < -0.3 is 14.7 Å². The number of rotatable bonds is 2. The molecule has 0 atom stereocenters. The highest BCUT2D eigenvalue weighted by Crippen LogP contribution is 2.29. The predicted molar refractivity (Wildman–Crippen MR) is 135 cm³/mol. The lowest BCUT2D eigenvalue weighted by atomic mass is 10.0.